The third-order valence-electron chi connectivity index (χ3n) is 8.47. The second-order valence-corrected chi connectivity index (χ2v) is 12.5. The van der Waals surface area contributed by atoms with E-state index in [1.54, 1.807) is 25.1 Å². The van der Waals surface area contributed by atoms with Gasteiger partial charge in [-0.05, 0) is 89.3 Å². The summed E-state index contributed by atoms with van der Waals surface area (Å²) in [6.45, 7) is 2.13. The molecule has 0 bridgehead atoms. The Labute approximate surface area is 219 Å². The second kappa shape index (κ2) is 9.43. The van der Waals surface area contributed by atoms with E-state index in [0.717, 1.165) is 47.4 Å². The highest BCUT2D eigenvalue weighted by molar-refractivity contribution is 7.18. The molecular weight excluding hydrogens is 495 g/mol. The summed E-state index contributed by atoms with van der Waals surface area (Å²) >= 11 is 1.36. The van der Waals surface area contributed by atoms with Crippen molar-refractivity contribution in [1.82, 2.24) is 10.1 Å². The molecule has 2 heterocycles. The topological polar surface area (TPSA) is 106 Å². The number of hydrogen-bond donors (Lipinski definition) is 2. The van der Waals surface area contributed by atoms with Crippen molar-refractivity contribution in [1.29, 1.82) is 0 Å². The number of rotatable bonds is 7. The molecule has 3 aromatic rings. The Bertz CT molecular complexity index is 1300. The van der Waals surface area contributed by atoms with Gasteiger partial charge in [-0.1, -0.05) is 5.16 Å². The first-order valence-electron chi connectivity index (χ1n) is 13.4. The van der Waals surface area contributed by atoms with Crippen molar-refractivity contribution >= 4 is 27.5 Å². The Balaban J connectivity index is 1.11. The molecule has 198 valence electrons. The smallest absolute Gasteiger partial charge is 0.335 e. The largest absolute Gasteiger partial charge is 0.478 e. The van der Waals surface area contributed by atoms with Crippen molar-refractivity contribution in [3.8, 4) is 0 Å². The zero-order chi connectivity index (χ0) is 25.8. The third-order valence-corrected chi connectivity index (χ3v) is 9.68. The molecule has 0 spiro atoms. The fourth-order valence-corrected chi connectivity index (χ4v) is 7.02. The molecule has 0 aliphatic heterocycles. The Morgan fingerprint density at radius 1 is 1.14 bits per heavy atom. The maximum Gasteiger partial charge on any atom is 0.335 e. The van der Waals surface area contributed by atoms with Crippen LogP contribution in [0, 0.1) is 0 Å². The molecule has 3 aliphatic rings. The van der Waals surface area contributed by atoms with E-state index in [-0.39, 0.29) is 17.6 Å². The lowest BCUT2D eigenvalue weighted by atomic mass is 9.78. The molecule has 3 fully saturated rings. The summed E-state index contributed by atoms with van der Waals surface area (Å²) in [7, 11) is 0. The molecule has 3 saturated carbocycles. The van der Waals surface area contributed by atoms with Gasteiger partial charge >= 0.3 is 5.97 Å². The highest BCUT2D eigenvalue weighted by atomic mass is 32.1. The molecule has 7 nitrogen and oxygen atoms in total. The number of aromatic nitrogens is 2. The quantitative estimate of drug-likeness (QED) is 0.356. The number of carboxylic acid groups (broad SMARTS) is 1. The molecule has 6 rings (SSSR count). The molecule has 2 aromatic heterocycles. The average molecular weight is 529 g/mol. The van der Waals surface area contributed by atoms with Crippen molar-refractivity contribution in [2.24, 2.45) is 0 Å². The van der Waals surface area contributed by atoms with Crippen molar-refractivity contribution in [2.75, 3.05) is 0 Å². The molecule has 0 unspecified atom stereocenters. The van der Waals surface area contributed by atoms with Crippen LogP contribution in [0.5, 0.6) is 0 Å². The van der Waals surface area contributed by atoms with Gasteiger partial charge in [-0.3, -0.25) is 0 Å². The van der Waals surface area contributed by atoms with E-state index in [1.165, 1.54) is 11.3 Å². The van der Waals surface area contributed by atoms with Crippen LogP contribution < -0.4 is 0 Å². The van der Waals surface area contributed by atoms with Gasteiger partial charge in [0.25, 0.3) is 0 Å². The van der Waals surface area contributed by atoms with E-state index in [0.29, 0.717) is 61.6 Å². The number of carboxylic acids is 1. The Morgan fingerprint density at radius 2 is 1.86 bits per heavy atom. The average Bonchev–Trinajstić information content (AvgIpc) is 3.48. The van der Waals surface area contributed by atoms with Crippen LogP contribution in [-0.4, -0.2) is 38.1 Å². The summed E-state index contributed by atoms with van der Waals surface area (Å²) < 4.78 is 27.3. The van der Waals surface area contributed by atoms with Crippen LogP contribution in [-0.2, 0) is 16.9 Å². The summed E-state index contributed by atoms with van der Waals surface area (Å²) in [5, 5.41) is 25.7. The number of nitrogens with zero attached hydrogens (tertiary/aromatic N) is 2. The fourth-order valence-electron chi connectivity index (χ4n) is 5.87. The van der Waals surface area contributed by atoms with Gasteiger partial charge in [0, 0.05) is 17.4 Å². The zero-order valence-electron chi connectivity index (χ0n) is 21.0. The number of fused-ring (bicyclic) bond motifs is 1. The first-order valence-corrected chi connectivity index (χ1v) is 14.2. The number of hydrogen-bond acceptors (Lipinski definition) is 7. The summed E-state index contributed by atoms with van der Waals surface area (Å²) in [5.74, 6) is 0.618. The van der Waals surface area contributed by atoms with Crippen molar-refractivity contribution in [2.45, 2.75) is 107 Å². The molecule has 0 atom stereocenters. The van der Waals surface area contributed by atoms with Gasteiger partial charge in [0.15, 0.2) is 0 Å². The van der Waals surface area contributed by atoms with Gasteiger partial charge < -0.3 is 19.5 Å². The van der Waals surface area contributed by atoms with E-state index < -0.39 is 17.2 Å². The fraction of sp³-hybridized carbons (Fsp3) is 0.607. The van der Waals surface area contributed by atoms with Gasteiger partial charge in [0.05, 0.1) is 34.2 Å². The van der Waals surface area contributed by atoms with Crippen molar-refractivity contribution in [3.63, 3.8) is 0 Å². The maximum atomic E-state index is 14.4. The van der Waals surface area contributed by atoms with E-state index in [4.69, 9.17) is 9.26 Å². The minimum atomic E-state index is -1.09. The standard InChI is InChI=1S/C28H33FN2O5S/c1-27(29)10-6-16(7-11-27)23-20(24(36-31-23)17-2-3-17)15-35-19-8-12-28(34,13-9-19)26-30-21-5-4-18(25(32)33)14-22(21)37-26/h4-5,14,16-17,19,34H,2-3,6-13,15H2,1H3,(H,32,33)/t16?,19-,27?,28-. The highest BCUT2D eigenvalue weighted by Crippen LogP contribution is 2.47. The Kier molecular flexibility index (Phi) is 6.36. The maximum absolute atomic E-state index is 14.4. The number of ether oxygens (including phenoxy) is 1. The number of benzene rings is 1. The van der Waals surface area contributed by atoms with Gasteiger partial charge in [0.1, 0.15) is 22.0 Å². The summed E-state index contributed by atoms with van der Waals surface area (Å²) in [4.78, 5) is 15.9. The van der Waals surface area contributed by atoms with Crippen LogP contribution >= 0.6 is 11.3 Å². The summed E-state index contributed by atoms with van der Waals surface area (Å²) in [6.07, 6.45) is 7.38. The molecule has 3 aliphatic carbocycles. The first-order chi connectivity index (χ1) is 17.7. The van der Waals surface area contributed by atoms with E-state index in [1.807, 2.05) is 0 Å². The van der Waals surface area contributed by atoms with Crippen molar-refractivity contribution in [3.05, 3.63) is 45.8 Å². The molecule has 0 radical (unpaired) electrons. The van der Waals surface area contributed by atoms with Crippen LogP contribution in [0.3, 0.4) is 0 Å². The van der Waals surface area contributed by atoms with E-state index >= 15 is 0 Å². The zero-order valence-corrected chi connectivity index (χ0v) is 21.9. The Morgan fingerprint density at radius 3 is 2.54 bits per heavy atom. The van der Waals surface area contributed by atoms with Crippen LogP contribution in [0.2, 0.25) is 0 Å². The molecule has 0 amide bonds. The van der Waals surface area contributed by atoms with Gasteiger partial charge in [-0.2, -0.15) is 0 Å². The molecular formula is C28H33FN2O5S. The van der Waals surface area contributed by atoms with Gasteiger partial charge in [0.2, 0.25) is 0 Å². The van der Waals surface area contributed by atoms with Crippen LogP contribution in [0.25, 0.3) is 10.2 Å². The summed E-state index contributed by atoms with van der Waals surface area (Å²) in [5.41, 5.74) is 0.834. The third kappa shape index (κ3) is 5.05. The molecule has 37 heavy (non-hydrogen) atoms. The minimum absolute atomic E-state index is 0.0172. The second-order valence-electron chi connectivity index (χ2n) is 11.4. The van der Waals surface area contributed by atoms with E-state index in [9.17, 15) is 19.4 Å². The number of carbonyl (C=O) groups is 1. The monoisotopic (exact) mass is 528 g/mol. The predicted octanol–water partition coefficient (Wildman–Crippen LogP) is 6.59. The lowest BCUT2D eigenvalue weighted by Crippen LogP contribution is -2.34. The van der Waals surface area contributed by atoms with Crippen LogP contribution in [0.15, 0.2) is 22.7 Å². The molecule has 0 saturated heterocycles. The normalized spacial score (nSPS) is 30.6. The SMILES string of the molecule is CC1(F)CCC(c2noc(C3CC3)c2CO[C@H]2CC[C@@](O)(c3nc4ccc(C(=O)O)cc4s3)CC2)CC1. The first kappa shape index (κ1) is 24.9. The van der Waals surface area contributed by atoms with Gasteiger partial charge in [-0.25, -0.2) is 14.2 Å². The summed E-state index contributed by atoms with van der Waals surface area (Å²) in [6, 6.07) is 4.86. The van der Waals surface area contributed by atoms with E-state index in [2.05, 4.69) is 10.1 Å². The number of alkyl halides is 1. The minimum Gasteiger partial charge on any atom is -0.478 e. The van der Waals surface area contributed by atoms with Crippen molar-refractivity contribution < 1.29 is 28.7 Å². The highest BCUT2D eigenvalue weighted by Gasteiger charge is 2.40. The number of aromatic carboxylic acids is 1. The lowest BCUT2D eigenvalue weighted by molar-refractivity contribution is -0.0643. The molecule has 2 N–H and O–H groups in total. The molecule has 1 aromatic carbocycles. The van der Waals surface area contributed by atoms with Crippen LogP contribution in [0.4, 0.5) is 4.39 Å². The lowest BCUT2D eigenvalue weighted by Gasteiger charge is -2.34. The predicted molar refractivity (Wildman–Crippen MR) is 137 cm³/mol. The number of thiazole rings is 1. The van der Waals surface area contributed by atoms with Crippen LogP contribution in [0.1, 0.15) is 115 Å². The Hall–Kier alpha value is -2.36. The number of aliphatic hydroxyl groups is 1. The van der Waals surface area contributed by atoms with Gasteiger partial charge in [-0.15, -0.1) is 11.3 Å². The molecule has 9 heteroatoms. The number of halogens is 1.